The molecule has 294 valence electrons. The Morgan fingerprint density at radius 2 is 0.820 bits per heavy atom. The van der Waals surface area contributed by atoms with Crippen LogP contribution < -0.4 is 5.32 Å². The summed E-state index contributed by atoms with van der Waals surface area (Å²) >= 11 is 0. The molecule has 1 amide bonds. The van der Waals surface area contributed by atoms with Gasteiger partial charge in [-0.25, -0.2) is 0 Å². The fraction of sp³-hybridized carbons (Fsp3) is 0.844. The van der Waals surface area contributed by atoms with Crippen molar-refractivity contribution in [3.8, 4) is 0 Å². The molecule has 0 aliphatic rings. The molecule has 0 aromatic heterocycles. The lowest BCUT2D eigenvalue weighted by atomic mass is 10.0. The van der Waals surface area contributed by atoms with Gasteiger partial charge in [-0.15, -0.1) is 0 Å². The number of carbonyl (C=O) groups excluding carboxylic acids is 1. The van der Waals surface area contributed by atoms with Crippen LogP contribution in [-0.2, 0) is 4.79 Å². The van der Waals surface area contributed by atoms with E-state index in [1.54, 1.807) is 6.08 Å². The van der Waals surface area contributed by atoms with Crippen LogP contribution in [0.4, 0.5) is 0 Å². The SMILES string of the molecule is CCCCCCCCCC/C=C/CC/C=C/CC/C=C/C(O)C(CO)NC(=O)C(O)CCCCCCCCCCCCCCCCCCCC. The van der Waals surface area contributed by atoms with Crippen LogP contribution in [0.5, 0.6) is 0 Å². The van der Waals surface area contributed by atoms with Gasteiger partial charge in [0.05, 0.1) is 18.8 Å². The molecule has 0 radical (unpaired) electrons. The first-order chi connectivity index (χ1) is 24.6. The molecule has 5 nitrogen and oxygen atoms in total. The molecule has 0 aliphatic heterocycles. The van der Waals surface area contributed by atoms with E-state index in [1.165, 1.54) is 154 Å². The molecular weight excluding hydrogens is 618 g/mol. The first kappa shape index (κ1) is 48.6. The molecule has 0 fully saturated rings. The largest absolute Gasteiger partial charge is 0.394 e. The van der Waals surface area contributed by atoms with Gasteiger partial charge in [0.1, 0.15) is 6.10 Å². The molecule has 0 saturated carbocycles. The van der Waals surface area contributed by atoms with Crippen LogP contribution in [0, 0.1) is 0 Å². The number of hydrogen-bond acceptors (Lipinski definition) is 4. The first-order valence-electron chi connectivity index (χ1n) is 21.8. The Morgan fingerprint density at radius 1 is 0.480 bits per heavy atom. The van der Waals surface area contributed by atoms with Crippen molar-refractivity contribution < 1.29 is 20.1 Å². The van der Waals surface area contributed by atoms with Crippen LogP contribution in [-0.4, -0.2) is 46.1 Å². The average molecular weight is 704 g/mol. The Morgan fingerprint density at radius 3 is 1.22 bits per heavy atom. The summed E-state index contributed by atoms with van der Waals surface area (Å²) in [7, 11) is 0. The third kappa shape index (κ3) is 35.0. The van der Waals surface area contributed by atoms with E-state index in [1.807, 2.05) is 6.08 Å². The van der Waals surface area contributed by atoms with Gasteiger partial charge in [0.25, 0.3) is 0 Å². The molecule has 4 N–H and O–H groups in total. The van der Waals surface area contributed by atoms with E-state index < -0.39 is 24.2 Å². The van der Waals surface area contributed by atoms with Crippen LogP contribution in [0.15, 0.2) is 36.5 Å². The van der Waals surface area contributed by atoms with E-state index in [0.717, 1.165) is 44.9 Å². The average Bonchev–Trinajstić information content (AvgIpc) is 3.12. The van der Waals surface area contributed by atoms with Gasteiger partial charge < -0.3 is 20.6 Å². The molecule has 0 aliphatic carbocycles. The van der Waals surface area contributed by atoms with Crippen LogP contribution >= 0.6 is 0 Å². The number of amides is 1. The van der Waals surface area contributed by atoms with Gasteiger partial charge in [0.2, 0.25) is 5.91 Å². The summed E-state index contributed by atoms with van der Waals surface area (Å²) in [6.45, 7) is 4.17. The van der Waals surface area contributed by atoms with Crippen LogP contribution in [0.1, 0.15) is 219 Å². The van der Waals surface area contributed by atoms with E-state index in [4.69, 9.17) is 0 Å². The van der Waals surface area contributed by atoms with Crippen molar-refractivity contribution in [2.75, 3.05) is 6.61 Å². The summed E-state index contributed by atoms with van der Waals surface area (Å²) in [5.74, 6) is -0.515. The number of aliphatic hydroxyl groups excluding tert-OH is 3. The van der Waals surface area contributed by atoms with Gasteiger partial charge >= 0.3 is 0 Å². The Balaban J connectivity index is 3.74. The lowest BCUT2D eigenvalue weighted by Crippen LogP contribution is -2.48. The third-order valence-electron chi connectivity index (χ3n) is 9.96. The van der Waals surface area contributed by atoms with Crippen molar-refractivity contribution in [2.24, 2.45) is 0 Å². The second-order valence-corrected chi connectivity index (χ2v) is 14.9. The smallest absolute Gasteiger partial charge is 0.249 e. The van der Waals surface area contributed by atoms with Crippen LogP contribution in [0.3, 0.4) is 0 Å². The number of aliphatic hydroxyl groups is 3. The molecule has 0 spiro atoms. The number of unbranched alkanes of at least 4 members (excludes halogenated alkanes) is 27. The second-order valence-electron chi connectivity index (χ2n) is 14.9. The summed E-state index contributed by atoms with van der Waals surface area (Å²) in [5, 5.41) is 33.1. The number of allylic oxidation sites excluding steroid dienone is 5. The highest BCUT2D eigenvalue weighted by atomic mass is 16.3. The highest BCUT2D eigenvalue weighted by molar-refractivity contribution is 5.80. The molecular formula is C45H85NO4. The van der Waals surface area contributed by atoms with E-state index in [-0.39, 0.29) is 6.61 Å². The van der Waals surface area contributed by atoms with Crippen molar-refractivity contribution in [3.63, 3.8) is 0 Å². The van der Waals surface area contributed by atoms with E-state index in [0.29, 0.717) is 6.42 Å². The van der Waals surface area contributed by atoms with Gasteiger partial charge in [0, 0.05) is 0 Å². The van der Waals surface area contributed by atoms with Gasteiger partial charge in [0.15, 0.2) is 0 Å². The van der Waals surface area contributed by atoms with Gasteiger partial charge in [-0.2, -0.15) is 0 Å². The van der Waals surface area contributed by atoms with Gasteiger partial charge in [-0.1, -0.05) is 211 Å². The van der Waals surface area contributed by atoms with E-state index >= 15 is 0 Å². The van der Waals surface area contributed by atoms with Crippen molar-refractivity contribution >= 4 is 5.91 Å². The lowest BCUT2D eigenvalue weighted by Gasteiger charge is -2.21. The zero-order valence-corrected chi connectivity index (χ0v) is 33.3. The maximum Gasteiger partial charge on any atom is 0.249 e. The van der Waals surface area contributed by atoms with E-state index in [2.05, 4.69) is 43.5 Å². The minimum atomic E-state index is -1.11. The third-order valence-corrected chi connectivity index (χ3v) is 9.96. The number of nitrogens with one attached hydrogen (secondary N) is 1. The lowest BCUT2D eigenvalue weighted by molar-refractivity contribution is -0.131. The van der Waals surface area contributed by atoms with Crippen molar-refractivity contribution in [1.29, 1.82) is 0 Å². The van der Waals surface area contributed by atoms with Gasteiger partial charge in [-0.05, 0) is 44.9 Å². The van der Waals surface area contributed by atoms with Crippen molar-refractivity contribution in [2.45, 2.75) is 238 Å². The molecule has 50 heavy (non-hydrogen) atoms. The topological polar surface area (TPSA) is 89.8 Å². The number of hydrogen-bond donors (Lipinski definition) is 4. The summed E-state index contributed by atoms with van der Waals surface area (Å²) in [6.07, 6.45) is 50.3. The minimum absolute atomic E-state index is 0.379. The molecule has 0 heterocycles. The first-order valence-corrected chi connectivity index (χ1v) is 21.8. The quantitative estimate of drug-likeness (QED) is 0.0379. The van der Waals surface area contributed by atoms with Crippen LogP contribution in [0.25, 0.3) is 0 Å². The highest BCUT2D eigenvalue weighted by Crippen LogP contribution is 2.15. The summed E-state index contributed by atoms with van der Waals surface area (Å²) in [6, 6.07) is -0.818. The summed E-state index contributed by atoms with van der Waals surface area (Å²) < 4.78 is 0. The highest BCUT2D eigenvalue weighted by Gasteiger charge is 2.22. The maximum absolute atomic E-state index is 12.5. The fourth-order valence-electron chi connectivity index (χ4n) is 6.51. The zero-order valence-electron chi connectivity index (χ0n) is 33.3. The van der Waals surface area contributed by atoms with Gasteiger partial charge in [-0.3, -0.25) is 4.79 Å². The van der Waals surface area contributed by atoms with Crippen molar-refractivity contribution in [1.82, 2.24) is 5.32 Å². The fourth-order valence-corrected chi connectivity index (χ4v) is 6.51. The molecule has 3 atom stereocenters. The Bertz CT molecular complexity index is 779. The molecule has 0 bridgehead atoms. The Kier molecular flexibility index (Phi) is 39.2. The zero-order chi connectivity index (χ0) is 36.6. The standard InChI is InChI=1S/C45H85NO4/c1-3-5-7-9-11-13-15-17-19-21-23-25-27-29-31-33-35-37-39-43(48)42(41-47)46-45(50)44(49)40-38-36-34-32-30-28-26-24-22-20-18-16-14-12-10-8-6-4-2/h21,23,29,31,37,39,42-44,47-49H,3-20,22,24-28,30,32-36,38,40-41H2,1-2H3,(H,46,50)/b23-21+,31-29+,39-37+. The molecule has 5 heteroatoms. The second kappa shape index (κ2) is 40.3. The minimum Gasteiger partial charge on any atom is -0.394 e. The predicted octanol–water partition coefficient (Wildman–Crippen LogP) is 12.4. The Labute approximate surface area is 311 Å². The molecule has 0 aromatic rings. The van der Waals surface area contributed by atoms with Crippen molar-refractivity contribution in [3.05, 3.63) is 36.5 Å². The maximum atomic E-state index is 12.5. The molecule has 0 saturated heterocycles. The van der Waals surface area contributed by atoms with Crippen LogP contribution in [0.2, 0.25) is 0 Å². The number of carbonyl (C=O) groups is 1. The predicted molar refractivity (Wildman–Crippen MR) is 218 cm³/mol. The molecule has 3 unspecified atom stereocenters. The molecule has 0 rings (SSSR count). The number of rotatable bonds is 39. The normalized spacial score (nSPS) is 13.9. The monoisotopic (exact) mass is 704 g/mol. The summed E-state index contributed by atoms with van der Waals surface area (Å²) in [5.41, 5.74) is 0. The molecule has 0 aromatic carbocycles. The Hall–Kier alpha value is -1.43. The summed E-state index contributed by atoms with van der Waals surface area (Å²) in [4.78, 5) is 12.5. The van der Waals surface area contributed by atoms with E-state index in [9.17, 15) is 20.1 Å².